The summed E-state index contributed by atoms with van der Waals surface area (Å²) in [5.74, 6) is -2.17. The van der Waals surface area contributed by atoms with Crippen LogP contribution < -0.4 is 0 Å². The van der Waals surface area contributed by atoms with Crippen molar-refractivity contribution >= 4 is 11.8 Å². The number of aliphatic carboxylic acids is 1. The first-order chi connectivity index (χ1) is 6.55. The summed E-state index contributed by atoms with van der Waals surface area (Å²) >= 11 is 0. The van der Waals surface area contributed by atoms with Gasteiger partial charge in [0.1, 0.15) is 5.41 Å². The molecule has 0 amide bonds. The van der Waals surface area contributed by atoms with Crippen molar-refractivity contribution in [1.29, 1.82) is 5.26 Å². The van der Waals surface area contributed by atoms with Gasteiger partial charge >= 0.3 is 5.97 Å². The molecule has 0 heterocycles. The molecule has 4 heteroatoms. The molecule has 1 aliphatic carbocycles. The van der Waals surface area contributed by atoms with Crippen molar-refractivity contribution in [2.75, 3.05) is 0 Å². The highest BCUT2D eigenvalue weighted by molar-refractivity contribution is 6.04. The van der Waals surface area contributed by atoms with Crippen LogP contribution in [0.15, 0.2) is 0 Å². The third-order valence-corrected chi connectivity index (χ3v) is 3.04. The maximum absolute atomic E-state index is 11.6. The number of Topliss-reactive ketones (excluding diaryl/α,β-unsaturated/α-hetero) is 1. The van der Waals surface area contributed by atoms with Crippen LogP contribution in [0, 0.1) is 22.7 Å². The molecule has 1 saturated carbocycles. The summed E-state index contributed by atoms with van der Waals surface area (Å²) in [7, 11) is 0. The SMILES string of the molecule is CC(C#N)C1(C(=O)O)CCCCC1=O. The second-order valence-electron chi connectivity index (χ2n) is 3.76. The summed E-state index contributed by atoms with van der Waals surface area (Å²) < 4.78 is 0. The van der Waals surface area contributed by atoms with Gasteiger partial charge in [0.2, 0.25) is 0 Å². The Bertz CT molecular complexity index is 305. The van der Waals surface area contributed by atoms with Crippen molar-refractivity contribution in [3.8, 4) is 6.07 Å². The number of rotatable bonds is 2. The lowest BCUT2D eigenvalue weighted by Gasteiger charge is -2.33. The van der Waals surface area contributed by atoms with E-state index in [1.54, 1.807) is 0 Å². The van der Waals surface area contributed by atoms with Gasteiger partial charge in [-0.1, -0.05) is 6.42 Å². The number of ketones is 1. The highest BCUT2D eigenvalue weighted by Gasteiger charge is 2.51. The lowest BCUT2D eigenvalue weighted by molar-refractivity contribution is -0.159. The number of nitriles is 1. The summed E-state index contributed by atoms with van der Waals surface area (Å²) in [6.45, 7) is 1.51. The van der Waals surface area contributed by atoms with Gasteiger partial charge < -0.3 is 5.11 Å². The van der Waals surface area contributed by atoms with Crippen LogP contribution in [0.3, 0.4) is 0 Å². The van der Waals surface area contributed by atoms with E-state index in [-0.39, 0.29) is 12.2 Å². The highest BCUT2D eigenvalue weighted by atomic mass is 16.4. The second kappa shape index (κ2) is 3.79. The monoisotopic (exact) mass is 195 g/mol. The fourth-order valence-corrected chi connectivity index (χ4v) is 2.03. The molecule has 0 bridgehead atoms. The van der Waals surface area contributed by atoms with E-state index in [1.165, 1.54) is 6.92 Å². The number of carbonyl (C=O) groups excluding carboxylic acids is 1. The zero-order valence-corrected chi connectivity index (χ0v) is 8.12. The Kier molecular flexibility index (Phi) is 2.90. The molecular weight excluding hydrogens is 182 g/mol. The van der Waals surface area contributed by atoms with Crippen LogP contribution in [-0.2, 0) is 9.59 Å². The van der Waals surface area contributed by atoms with Crippen molar-refractivity contribution in [2.45, 2.75) is 32.6 Å². The smallest absolute Gasteiger partial charge is 0.318 e. The van der Waals surface area contributed by atoms with Crippen LogP contribution in [-0.4, -0.2) is 16.9 Å². The molecule has 14 heavy (non-hydrogen) atoms. The molecule has 4 nitrogen and oxygen atoms in total. The van der Waals surface area contributed by atoms with Gasteiger partial charge in [0.15, 0.2) is 5.78 Å². The average Bonchev–Trinajstić information content (AvgIpc) is 2.17. The molecule has 1 rings (SSSR count). The number of carboxylic acid groups (broad SMARTS) is 1. The predicted octanol–water partition coefficient (Wildman–Crippen LogP) is 1.36. The molecule has 2 unspecified atom stereocenters. The molecule has 0 aromatic rings. The maximum atomic E-state index is 11.6. The lowest BCUT2D eigenvalue weighted by Crippen LogP contribution is -2.46. The van der Waals surface area contributed by atoms with E-state index in [0.29, 0.717) is 12.8 Å². The molecule has 0 aliphatic heterocycles. The van der Waals surface area contributed by atoms with Crippen molar-refractivity contribution in [3.05, 3.63) is 0 Å². The standard InChI is InChI=1S/C10H13NO3/c1-7(6-11)10(9(13)14)5-3-2-4-8(10)12/h7H,2-5H2,1H3,(H,13,14). The van der Waals surface area contributed by atoms with Crippen molar-refractivity contribution in [2.24, 2.45) is 11.3 Å². The third-order valence-electron chi connectivity index (χ3n) is 3.04. The Labute approximate surface area is 82.5 Å². The first-order valence-electron chi connectivity index (χ1n) is 4.72. The van der Waals surface area contributed by atoms with Crippen LogP contribution in [0.4, 0.5) is 0 Å². The normalized spacial score (nSPS) is 29.3. The molecule has 2 atom stereocenters. The van der Waals surface area contributed by atoms with E-state index >= 15 is 0 Å². The van der Waals surface area contributed by atoms with Gasteiger partial charge in [-0.25, -0.2) is 0 Å². The Morgan fingerprint density at radius 2 is 2.29 bits per heavy atom. The fourth-order valence-electron chi connectivity index (χ4n) is 2.03. The van der Waals surface area contributed by atoms with Crippen LogP contribution in [0.2, 0.25) is 0 Å². The minimum Gasteiger partial charge on any atom is -0.480 e. The minimum atomic E-state index is -1.44. The van der Waals surface area contributed by atoms with E-state index < -0.39 is 17.3 Å². The number of nitrogens with zero attached hydrogens (tertiary/aromatic N) is 1. The van der Waals surface area contributed by atoms with Crippen LogP contribution in [0.25, 0.3) is 0 Å². The van der Waals surface area contributed by atoms with E-state index in [4.69, 9.17) is 10.4 Å². The van der Waals surface area contributed by atoms with E-state index in [0.717, 1.165) is 6.42 Å². The summed E-state index contributed by atoms with van der Waals surface area (Å²) in [5, 5.41) is 17.8. The molecule has 0 saturated heterocycles. The van der Waals surface area contributed by atoms with Gasteiger partial charge in [-0.15, -0.1) is 0 Å². The minimum absolute atomic E-state index is 0.287. The van der Waals surface area contributed by atoms with E-state index in [9.17, 15) is 9.59 Å². The first-order valence-corrected chi connectivity index (χ1v) is 4.72. The molecule has 0 aromatic carbocycles. The summed E-state index contributed by atoms with van der Waals surface area (Å²) in [6, 6.07) is 1.89. The van der Waals surface area contributed by atoms with Crippen LogP contribution in [0.5, 0.6) is 0 Å². The molecule has 0 radical (unpaired) electrons. The van der Waals surface area contributed by atoms with Crippen molar-refractivity contribution < 1.29 is 14.7 Å². The van der Waals surface area contributed by atoms with Gasteiger partial charge in [-0.3, -0.25) is 9.59 Å². The predicted molar refractivity (Wildman–Crippen MR) is 48.3 cm³/mol. The van der Waals surface area contributed by atoms with Crippen molar-refractivity contribution in [1.82, 2.24) is 0 Å². The molecule has 0 spiro atoms. The summed E-state index contributed by atoms with van der Waals surface area (Å²) in [4.78, 5) is 22.7. The number of carbonyl (C=O) groups is 2. The fraction of sp³-hybridized carbons (Fsp3) is 0.700. The number of hydrogen-bond donors (Lipinski definition) is 1. The average molecular weight is 195 g/mol. The zero-order valence-electron chi connectivity index (χ0n) is 8.12. The number of carboxylic acids is 1. The Balaban J connectivity index is 3.09. The van der Waals surface area contributed by atoms with Gasteiger partial charge in [0.05, 0.1) is 12.0 Å². The Morgan fingerprint density at radius 1 is 1.64 bits per heavy atom. The van der Waals surface area contributed by atoms with Gasteiger partial charge in [-0.2, -0.15) is 5.26 Å². The zero-order chi connectivity index (χ0) is 10.8. The number of hydrogen-bond acceptors (Lipinski definition) is 3. The van der Waals surface area contributed by atoms with Gasteiger partial charge in [-0.05, 0) is 19.8 Å². The quantitative estimate of drug-likeness (QED) is 0.675. The van der Waals surface area contributed by atoms with E-state index in [2.05, 4.69) is 0 Å². The molecule has 1 aliphatic rings. The highest BCUT2D eigenvalue weighted by Crippen LogP contribution is 2.39. The molecule has 0 aromatic heterocycles. The Hall–Kier alpha value is -1.37. The molecule has 76 valence electrons. The van der Waals surface area contributed by atoms with Gasteiger partial charge in [0, 0.05) is 6.42 Å². The largest absolute Gasteiger partial charge is 0.480 e. The van der Waals surface area contributed by atoms with Crippen molar-refractivity contribution in [3.63, 3.8) is 0 Å². The first kappa shape index (κ1) is 10.7. The summed E-state index contributed by atoms with van der Waals surface area (Å²) in [5.41, 5.74) is -1.44. The molecular formula is C10H13NO3. The molecule has 1 fully saturated rings. The Morgan fingerprint density at radius 3 is 2.71 bits per heavy atom. The van der Waals surface area contributed by atoms with Gasteiger partial charge in [0.25, 0.3) is 0 Å². The van der Waals surface area contributed by atoms with Crippen LogP contribution in [0.1, 0.15) is 32.6 Å². The summed E-state index contributed by atoms with van der Waals surface area (Å²) in [6.07, 6.45) is 2.05. The van der Waals surface area contributed by atoms with E-state index in [1.807, 2.05) is 6.07 Å². The molecule has 1 N–H and O–H groups in total. The lowest BCUT2D eigenvalue weighted by atomic mass is 9.66. The topological polar surface area (TPSA) is 78.2 Å². The third kappa shape index (κ3) is 1.39. The van der Waals surface area contributed by atoms with Crippen LogP contribution >= 0.6 is 0 Å². The maximum Gasteiger partial charge on any atom is 0.318 e. The second-order valence-corrected chi connectivity index (χ2v) is 3.76.